The summed E-state index contributed by atoms with van der Waals surface area (Å²) < 4.78 is 0. The second-order valence-electron chi connectivity index (χ2n) is 3.38. The summed E-state index contributed by atoms with van der Waals surface area (Å²) in [5, 5.41) is 8.56. The van der Waals surface area contributed by atoms with Crippen LogP contribution in [0.2, 0.25) is 0 Å². The molecular weight excluding hydrogens is 156 g/mol. The number of rotatable bonds is 2. The molecular formula is C8H16N2O2. The van der Waals surface area contributed by atoms with Gasteiger partial charge >= 0.3 is 5.97 Å². The van der Waals surface area contributed by atoms with Gasteiger partial charge in [0.25, 0.3) is 0 Å². The molecule has 1 fully saturated rings. The van der Waals surface area contributed by atoms with Crippen LogP contribution in [-0.2, 0) is 4.79 Å². The molecule has 0 aromatic carbocycles. The van der Waals surface area contributed by atoms with Gasteiger partial charge in [-0.3, -0.25) is 9.69 Å². The van der Waals surface area contributed by atoms with Crippen molar-refractivity contribution in [2.75, 3.05) is 19.6 Å². The molecule has 1 heterocycles. The van der Waals surface area contributed by atoms with Crippen molar-refractivity contribution in [1.29, 1.82) is 0 Å². The minimum absolute atomic E-state index is 0.133. The zero-order chi connectivity index (χ0) is 8.97. The normalized spacial score (nSPS) is 26.6. The second-order valence-corrected chi connectivity index (χ2v) is 3.38. The summed E-state index contributed by atoms with van der Waals surface area (Å²) in [6.07, 6.45) is 3.22. The first-order chi connectivity index (χ1) is 5.68. The molecule has 1 aliphatic heterocycles. The summed E-state index contributed by atoms with van der Waals surface area (Å²) in [7, 11) is 0. The van der Waals surface area contributed by atoms with Crippen molar-refractivity contribution in [3.05, 3.63) is 0 Å². The quantitative estimate of drug-likeness (QED) is 0.609. The molecule has 1 saturated heterocycles. The van der Waals surface area contributed by atoms with Crippen LogP contribution in [0.15, 0.2) is 0 Å². The Morgan fingerprint density at radius 3 is 3.00 bits per heavy atom. The summed E-state index contributed by atoms with van der Waals surface area (Å²) in [5.74, 6) is -0.760. The maximum absolute atomic E-state index is 10.4. The van der Waals surface area contributed by atoms with Crippen molar-refractivity contribution in [3.63, 3.8) is 0 Å². The predicted molar refractivity (Wildman–Crippen MR) is 45.9 cm³/mol. The summed E-state index contributed by atoms with van der Waals surface area (Å²) in [6.45, 7) is 1.74. The first-order valence-corrected chi connectivity index (χ1v) is 4.38. The fourth-order valence-corrected chi connectivity index (χ4v) is 1.59. The van der Waals surface area contributed by atoms with E-state index in [4.69, 9.17) is 10.8 Å². The number of nitrogens with two attached hydrogens (primary N) is 1. The van der Waals surface area contributed by atoms with Gasteiger partial charge in [-0.15, -0.1) is 0 Å². The standard InChI is InChI=1S/C8H16N2O2/c9-7-3-1-2-4-10(5-7)6-8(11)12/h7H,1-6,9H2,(H,11,12). The van der Waals surface area contributed by atoms with E-state index >= 15 is 0 Å². The van der Waals surface area contributed by atoms with E-state index in [1.165, 1.54) is 0 Å². The van der Waals surface area contributed by atoms with E-state index in [1.54, 1.807) is 0 Å². The molecule has 3 N–H and O–H groups in total. The van der Waals surface area contributed by atoms with Crippen LogP contribution in [-0.4, -0.2) is 41.7 Å². The van der Waals surface area contributed by atoms with Crippen molar-refractivity contribution < 1.29 is 9.90 Å². The van der Waals surface area contributed by atoms with E-state index in [0.29, 0.717) is 0 Å². The topological polar surface area (TPSA) is 66.6 Å². The smallest absolute Gasteiger partial charge is 0.317 e. The highest BCUT2D eigenvalue weighted by atomic mass is 16.4. The number of hydrogen-bond donors (Lipinski definition) is 2. The van der Waals surface area contributed by atoms with Crippen molar-refractivity contribution in [2.24, 2.45) is 5.73 Å². The molecule has 0 bridgehead atoms. The molecule has 1 unspecified atom stereocenters. The highest BCUT2D eigenvalue weighted by Crippen LogP contribution is 2.08. The first-order valence-electron chi connectivity index (χ1n) is 4.38. The fraction of sp³-hybridized carbons (Fsp3) is 0.875. The zero-order valence-corrected chi connectivity index (χ0v) is 7.20. The number of aliphatic carboxylic acids is 1. The molecule has 0 aromatic heterocycles. The number of hydrogen-bond acceptors (Lipinski definition) is 3. The fourth-order valence-electron chi connectivity index (χ4n) is 1.59. The van der Waals surface area contributed by atoms with Gasteiger partial charge in [0.1, 0.15) is 0 Å². The van der Waals surface area contributed by atoms with Crippen molar-refractivity contribution in [2.45, 2.75) is 25.3 Å². The average molecular weight is 172 g/mol. The lowest BCUT2D eigenvalue weighted by Crippen LogP contribution is -2.38. The molecule has 12 heavy (non-hydrogen) atoms. The summed E-state index contributed by atoms with van der Waals surface area (Å²) in [4.78, 5) is 12.3. The molecule has 0 aliphatic carbocycles. The lowest BCUT2D eigenvalue weighted by molar-refractivity contribution is -0.138. The van der Waals surface area contributed by atoms with Crippen LogP contribution in [0.25, 0.3) is 0 Å². The molecule has 0 amide bonds. The number of carbonyl (C=O) groups is 1. The van der Waals surface area contributed by atoms with E-state index in [0.717, 1.165) is 32.4 Å². The summed E-state index contributed by atoms with van der Waals surface area (Å²) >= 11 is 0. The number of carboxylic acids is 1. The molecule has 1 rings (SSSR count). The summed E-state index contributed by atoms with van der Waals surface area (Å²) in [5.41, 5.74) is 5.77. The van der Waals surface area contributed by atoms with Gasteiger partial charge in [0.15, 0.2) is 0 Å². The van der Waals surface area contributed by atoms with Gasteiger partial charge in [-0.05, 0) is 19.4 Å². The molecule has 0 spiro atoms. The molecule has 4 heteroatoms. The minimum Gasteiger partial charge on any atom is -0.480 e. The van der Waals surface area contributed by atoms with Crippen molar-refractivity contribution in [1.82, 2.24) is 4.90 Å². The SMILES string of the molecule is NC1CCCCN(CC(=O)O)C1. The third-order valence-electron chi connectivity index (χ3n) is 2.15. The van der Waals surface area contributed by atoms with Gasteiger partial charge in [-0.2, -0.15) is 0 Å². The Hall–Kier alpha value is -0.610. The van der Waals surface area contributed by atoms with Gasteiger partial charge < -0.3 is 10.8 Å². The highest BCUT2D eigenvalue weighted by molar-refractivity contribution is 5.69. The zero-order valence-electron chi connectivity index (χ0n) is 7.20. The maximum Gasteiger partial charge on any atom is 0.317 e. The molecule has 1 aliphatic rings. The number of carboxylic acid groups (broad SMARTS) is 1. The van der Waals surface area contributed by atoms with Crippen LogP contribution in [0.1, 0.15) is 19.3 Å². The Morgan fingerprint density at radius 1 is 1.58 bits per heavy atom. The molecule has 0 radical (unpaired) electrons. The van der Waals surface area contributed by atoms with Crippen LogP contribution in [0, 0.1) is 0 Å². The van der Waals surface area contributed by atoms with E-state index in [-0.39, 0.29) is 12.6 Å². The van der Waals surface area contributed by atoms with E-state index in [9.17, 15) is 4.79 Å². The monoisotopic (exact) mass is 172 g/mol. The van der Waals surface area contributed by atoms with Gasteiger partial charge in [0.2, 0.25) is 0 Å². The molecule has 1 atom stereocenters. The van der Waals surface area contributed by atoms with Crippen LogP contribution in [0.5, 0.6) is 0 Å². The molecule has 0 saturated carbocycles. The lowest BCUT2D eigenvalue weighted by atomic mass is 10.2. The van der Waals surface area contributed by atoms with E-state index in [2.05, 4.69) is 0 Å². The van der Waals surface area contributed by atoms with Crippen LogP contribution in [0.4, 0.5) is 0 Å². The predicted octanol–water partition coefficient (Wildman–Crippen LogP) is -0.116. The maximum atomic E-state index is 10.4. The minimum atomic E-state index is -0.760. The Kier molecular flexibility index (Phi) is 3.49. The third kappa shape index (κ3) is 3.19. The Labute approximate surface area is 72.3 Å². The average Bonchev–Trinajstić information content (AvgIpc) is 2.12. The molecule has 0 aromatic rings. The summed E-state index contributed by atoms with van der Waals surface area (Å²) in [6, 6.07) is 0.159. The Balaban J connectivity index is 2.35. The number of nitrogens with zero attached hydrogens (tertiary/aromatic N) is 1. The van der Waals surface area contributed by atoms with Gasteiger partial charge in [-0.1, -0.05) is 6.42 Å². The first kappa shape index (κ1) is 9.48. The number of likely N-dealkylation sites (tertiary alicyclic amines) is 1. The highest BCUT2D eigenvalue weighted by Gasteiger charge is 2.16. The van der Waals surface area contributed by atoms with Crippen molar-refractivity contribution >= 4 is 5.97 Å². The Morgan fingerprint density at radius 2 is 2.33 bits per heavy atom. The van der Waals surface area contributed by atoms with Crippen LogP contribution >= 0.6 is 0 Å². The van der Waals surface area contributed by atoms with Gasteiger partial charge in [0, 0.05) is 12.6 Å². The third-order valence-corrected chi connectivity index (χ3v) is 2.15. The van der Waals surface area contributed by atoms with Crippen molar-refractivity contribution in [3.8, 4) is 0 Å². The van der Waals surface area contributed by atoms with Crippen LogP contribution < -0.4 is 5.73 Å². The largest absolute Gasteiger partial charge is 0.480 e. The van der Waals surface area contributed by atoms with E-state index < -0.39 is 5.97 Å². The van der Waals surface area contributed by atoms with Crippen LogP contribution in [0.3, 0.4) is 0 Å². The lowest BCUT2D eigenvalue weighted by Gasteiger charge is -2.19. The second kappa shape index (κ2) is 4.42. The van der Waals surface area contributed by atoms with Gasteiger partial charge in [0.05, 0.1) is 6.54 Å². The van der Waals surface area contributed by atoms with Gasteiger partial charge in [-0.25, -0.2) is 0 Å². The molecule has 70 valence electrons. The Bertz CT molecular complexity index is 161. The van der Waals surface area contributed by atoms with E-state index in [1.807, 2.05) is 4.90 Å². The molecule has 4 nitrogen and oxygen atoms in total.